The summed E-state index contributed by atoms with van der Waals surface area (Å²) in [7, 11) is 1.36. The van der Waals surface area contributed by atoms with Crippen molar-refractivity contribution in [2.75, 3.05) is 7.11 Å². The third-order valence-electron chi connectivity index (χ3n) is 2.93. The van der Waals surface area contributed by atoms with E-state index in [9.17, 15) is 4.79 Å². The first kappa shape index (κ1) is 14.5. The third kappa shape index (κ3) is 3.56. The van der Waals surface area contributed by atoms with Crippen molar-refractivity contribution in [1.29, 1.82) is 0 Å². The molecule has 0 aliphatic rings. The lowest BCUT2D eigenvalue weighted by Gasteiger charge is -2.12. The minimum absolute atomic E-state index is 0.276. The SMILES string of the molecule is COC(=O)c1cccc(CC(N)c2cc(Cl)ccn2)c1. The molecule has 104 valence electrons. The Balaban J connectivity index is 2.15. The fourth-order valence-corrected chi connectivity index (χ4v) is 2.09. The lowest BCUT2D eigenvalue weighted by molar-refractivity contribution is 0.0600. The van der Waals surface area contributed by atoms with Gasteiger partial charge in [-0.2, -0.15) is 0 Å². The average molecular weight is 291 g/mol. The molecule has 5 heteroatoms. The number of carbonyl (C=O) groups excluding carboxylic acids is 1. The Bertz CT molecular complexity index is 616. The van der Waals surface area contributed by atoms with Crippen LogP contribution in [0.15, 0.2) is 42.6 Å². The predicted molar refractivity (Wildman–Crippen MR) is 77.7 cm³/mol. The van der Waals surface area contributed by atoms with E-state index < -0.39 is 0 Å². The zero-order valence-corrected chi connectivity index (χ0v) is 11.8. The summed E-state index contributed by atoms with van der Waals surface area (Å²) in [5, 5.41) is 0.605. The van der Waals surface area contributed by atoms with E-state index in [0.29, 0.717) is 17.0 Å². The van der Waals surface area contributed by atoms with Crippen molar-refractivity contribution in [2.24, 2.45) is 5.73 Å². The molecule has 1 aromatic carbocycles. The van der Waals surface area contributed by atoms with Crippen LogP contribution in [0.1, 0.15) is 27.7 Å². The Kier molecular flexibility index (Phi) is 4.71. The number of pyridine rings is 1. The number of nitrogens with two attached hydrogens (primary N) is 1. The molecule has 0 spiro atoms. The van der Waals surface area contributed by atoms with Gasteiger partial charge in [-0.25, -0.2) is 4.79 Å². The Hall–Kier alpha value is -1.91. The van der Waals surface area contributed by atoms with Gasteiger partial charge in [0.1, 0.15) is 0 Å². The van der Waals surface area contributed by atoms with Crippen LogP contribution in [0, 0.1) is 0 Å². The van der Waals surface area contributed by atoms with Gasteiger partial charge >= 0.3 is 5.97 Å². The van der Waals surface area contributed by atoms with Gasteiger partial charge < -0.3 is 10.5 Å². The zero-order chi connectivity index (χ0) is 14.5. The number of halogens is 1. The number of hydrogen-bond donors (Lipinski definition) is 1. The predicted octanol–water partition coefficient (Wildman–Crippen LogP) is 2.76. The largest absolute Gasteiger partial charge is 0.465 e. The molecule has 2 rings (SSSR count). The fraction of sp³-hybridized carbons (Fsp3) is 0.200. The molecule has 0 fully saturated rings. The molecule has 20 heavy (non-hydrogen) atoms. The van der Waals surface area contributed by atoms with Gasteiger partial charge in [-0.1, -0.05) is 23.7 Å². The van der Waals surface area contributed by atoms with Crippen molar-refractivity contribution in [2.45, 2.75) is 12.5 Å². The molecule has 0 bridgehead atoms. The number of ether oxygens (including phenoxy) is 1. The van der Waals surface area contributed by atoms with E-state index in [1.807, 2.05) is 6.07 Å². The Morgan fingerprint density at radius 2 is 2.20 bits per heavy atom. The number of rotatable bonds is 4. The Labute approximate surface area is 122 Å². The van der Waals surface area contributed by atoms with Gasteiger partial charge in [-0.15, -0.1) is 0 Å². The molecule has 4 nitrogen and oxygen atoms in total. The van der Waals surface area contributed by atoms with Crippen molar-refractivity contribution >= 4 is 17.6 Å². The highest BCUT2D eigenvalue weighted by Crippen LogP contribution is 2.18. The summed E-state index contributed by atoms with van der Waals surface area (Å²) in [6.07, 6.45) is 2.20. The molecule has 1 atom stereocenters. The van der Waals surface area contributed by atoms with E-state index in [1.165, 1.54) is 7.11 Å². The lowest BCUT2D eigenvalue weighted by Crippen LogP contribution is -2.15. The number of carbonyl (C=O) groups is 1. The van der Waals surface area contributed by atoms with Crippen LogP contribution in [0.25, 0.3) is 0 Å². The number of nitrogens with zero attached hydrogens (tertiary/aromatic N) is 1. The normalized spacial score (nSPS) is 11.9. The van der Waals surface area contributed by atoms with Crippen LogP contribution in [-0.2, 0) is 11.2 Å². The van der Waals surface area contributed by atoms with Gasteiger partial charge in [0.2, 0.25) is 0 Å². The molecular formula is C15H15ClN2O2. The van der Waals surface area contributed by atoms with Gasteiger partial charge in [0.25, 0.3) is 0 Å². The number of hydrogen-bond acceptors (Lipinski definition) is 4. The highest BCUT2D eigenvalue weighted by atomic mass is 35.5. The second-order valence-electron chi connectivity index (χ2n) is 4.40. The molecule has 2 aromatic rings. The third-order valence-corrected chi connectivity index (χ3v) is 3.16. The minimum Gasteiger partial charge on any atom is -0.465 e. The monoisotopic (exact) mass is 290 g/mol. The van der Waals surface area contributed by atoms with E-state index in [-0.39, 0.29) is 12.0 Å². The summed E-state index contributed by atoms with van der Waals surface area (Å²) in [6.45, 7) is 0. The Morgan fingerprint density at radius 3 is 2.90 bits per heavy atom. The summed E-state index contributed by atoms with van der Waals surface area (Å²) in [4.78, 5) is 15.7. The first-order chi connectivity index (χ1) is 9.60. The van der Waals surface area contributed by atoms with Gasteiger partial charge in [0.05, 0.1) is 24.4 Å². The Morgan fingerprint density at radius 1 is 1.40 bits per heavy atom. The van der Waals surface area contributed by atoms with Crippen LogP contribution in [0.4, 0.5) is 0 Å². The maximum atomic E-state index is 11.5. The molecule has 1 heterocycles. The topological polar surface area (TPSA) is 65.2 Å². The van der Waals surface area contributed by atoms with Gasteiger partial charge in [0.15, 0.2) is 0 Å². The van der Waals surface area contributed by atoms with Gasteiger partial charge in [-0.3, -0.25) is 4.98 Å². The fourth-order valence-electron chi connectivity index (χ4n) is 1.93. The maximum Gasteiger partial charge on any atom is 0.337 e. The van der Waals surface area contributed by atoms with Crippen molar-refractivity contribution in [1.82, 2.24) is 4.98 Å². The van der Waals surface area contributed by atoms with Gasteiger partial charge in [-0.05, 0) is 36.2 Å². The second-order valence-corrected chi connectivity index (χ2v) is 4.84. The van der Waals surface area contributed by atoms with Crippen molar-refractivity contribution in [3.63, 3.8) is 0 Å². The van der Waals surface area contributed by atoms with E-state index >= 15 is 0 Å². The van der Waals surface area contributed by atoms with Crippen LogP contribution in [0.2, 0.25) is 5.02 Å². The zero-order valence-electron chi connectivity index (χ0n) is 11.0. The molecule has 1 unspecified atom stereocenters. The molecule has 0 amide bonds. The molecule has 0 aliphatic heterocycles. The molecular weight excluding hydrogens is 276 g/mol. The number of benzene rings is 1. The summed E-state index contributed by atoms with van der Waals surface area (Å²) < 4.78 is 4.70. The molecule has 0 saturated carbocycles. The van der Waals surface area contributed by atoms with E-state index in [4.69, 9.17) is 22.1 Å². The highest BCUT2D eigenvalue weighted by Gasteiger charge is 2.11. The molecule has 0 radical (unpaired) electrons. The summed E-state index contributed by atoms with van der Waals surface area (Å²) in [5.74, 6) is -0.360. The summed E-state index contributed by atoms with van der Waals surface area (Å²) in [6, 6.07) is 10.4. The first-order valence-electron chi connectivity index (χ1n) is 6.14. The molecule has 1 aromatic heterocycles. The second kappa shape index (κ2) is 6.50. The number of esters is 1. The molecule has 0 aliphatic carbocycles. The maximum absolute atomic E-state index is 11.5. The van der Waals surface area contributed by atoms with Crippen molar-refractivity contribution in [3.05, 3.63) is 64.4 Å². The van der Waals surface area contributed by atoms with E-state index in [2.05, 4.69) is 4.98 Å². The first-order valence-corrected chi connectivity index (χ1v) is 6.52. The smallest absolute Gasteiger partial charge is 0.337 e. The lowest BCUT2D eigenvalue weighted by atomic mass is 10.0. The van der Waals surface area contributed by atoms with Crippen LogP contribution in [0.5, 0.6) is 0 Å². The van der Waals surface area contributed by atoms with E-state index in [1.54, 1.807) is 36.5 Å². The van der Waals surface area contributed by atoms with Crippen molar-refractivity contribution in [3.8, 4) is 0 Å². The quantitative estimate of drug-likeness (QED) is 0.879. The number of aromatic nitrogens is 1. The molecule has 0 saturated heterocycles. The van der Waals surface area contributed by atoms with Crippen LogP contribution in [0.3, 0.4) is 0 Å². The van der Waals surface area contributed by atoms with Crippen LogP contribution < -0.4 is 5.73 Å². The summed E-state index contributed by atoms with van der Waals surface area (Å²) in [5.41, 5.74) is 8.30. The van der Waals surface area contributed by atoms with Gasteiger partial charge in [0, 0.05) is 11.2 Å². The van der Waals surface area contributed by atoms with E-state index in [0.717, 1.165) is 11.3 Å². The highest BCUT2D eigenvalue weighted by molar-refractivity contribution is 6.30. The standard InChI is InChI=1S/C15H15ClN2O2/c1-20-15(19)11-4-2-3-10(7-11)8-13(17)14-9-12(16)5-6-18-14/h2-7,9,13H,8,17H2,1H3. The van der Waals surface area contributed by atoms with Crippen LogP contribution >= 0.6 is 11.6 Å². The van der Waals surface area contributed by atoms with Crippen molar-refractivity contribution < 1.29 is 9.53 Å². The average Bonchev–Trinajstić information content (AvgIpc) is 2.46. The minimum atomic E-state index is -0.360. The van der Waals surface area contributed by atoms with Crippen LogP contribution in [-0.4, -0.2) is 18.1 Å². The summed E-state index contributed by atoms with van der Waals surface area (Å²) >= 11 is 5.92. The number of methoxy groups -OCH3 is 1. The molecule has 2 N–H and O–H groups in total.